The highest BCUT2D eigenvalue weighted by atomic mass is 16.4. The summed E-state index contributed by atoms with van der Waals surface area (Å²) in [5.41, 5.74) is -0.499. The van der Waals surface area contributed by atoms with Gasteiger partial charge in [-0.25, -0.2) is 0 Å². The number of carboxylic acid groups (broad SMARTS) is 3. The first-order valence-electron chi connectivity index (χ1n) is 9.95. The molecule has 0 aliphatic carbocycles. The van der Waals surface area contributed by atoms with Crippen LogP contribution < -0.4 is 15.8 Å². The van der Waals surface area contributed by atoms with Gasteiger partial charge < -0.3 is 20.2 Å². The molecule has 0 saturated carbocycles. The van der Waals surface area contributed by atoms with Crippen molar-refractivity contribution in [2.24, 2.45) is 0 Å². The normalized spacial score (nSPS) is 18.4. The average molecular weight is 440 g/mol. The minimum absolute atomic E-state index is 0.239. The quantitative estimate of drug-likeness (QED) is 0.385. The third-order valence-corrected chi connectivity index (χ3v) is 5.35. The van der Waals surface area contributed by atoms with Gasteiger partial charge in [0, 0.05) is 57.9 Å². The Labute approximate surface area is 178 Å². The van der Waals surface area contributed by atoms with Crippen molar-refractivity contribution in [2.45, 2.75) is 6.92 Å². The van der Waals surface area contributed by atoms with Crippen LogP contribution in [0.4, 0.5) is 5.69 Å². The van der Waals surface area contributed by atoms with Crippen LogP contribution in [0.15, 0.2) is 9.59 Å². The molecule has 12 heteroatoms. The molecule has 3 N–H and O–H groups in total. The van der Waals surface area contributed by atoms with Gasteiger partial charge in [-0.15, -0.1) is 0 Å². The molecular weight excluding hydrogens is 412 g/mol. The number of aliphatic carboxylic acids is 3. The van der Waals surface area contributed by atoms with E-state index in [0.29, 0.717) is 24.3 Å². The lowest BCUT2D eigenvalue weighted by Gasteiger charge is -2.34. The van der Waals surface area contributed by atoms with E-state index in [1.807, 2.05) is 0 Å². The topological polar surface area (TPSA) is 159 Å². The van der Waals surface area contributed by atoms with Crippen LogP contribution in [0.5, 0.6) is 0 Å². The van der Waals surface area contributed by atoms with Gasteiger partial charge in [0.2, 0.25) is 10.9 Å². The summed E-state index contributed by atoms with van der Waals surface area (Å²) in [5.74, 6) is -3.08. The van der Waals surface area contributed by atoms with Gasteiger partial charge in [-0.05, 0) is 6.92 Å². The van der Waals surface area contributed by atoms with Gasteiger partial charge in [0.05, 0.1) is 25.3 Å². The van der Waals surface area contributed by atoms with Crippen LogP contribution in [0.1, 0.15) is 5.56 Å². The van der Waals surface area contributed by atoms with Crippen molar-refractivity contribution in [1.29, 1.82) is 0 Å². The molecular formula is C19H28N4O8. The van der Waals surface area contributed by atoms with E-state index in [-0.39, 0.29) is 58.9 Å². The van der Waals surface area contributed by atoms with Crippen LogP contribution in [-0.4, -0.2) is 120 Å². The zero-order chi connectivity index (χ0) is 23.1. The lowest BCUT2D eigenvalue weighted by molar-refractivity contribution is -0.140. The summed E-state index contributed by atoms with van der Waals surface area (Å²) < 4.78 is 0. The Hall–Kier alpha value is -2.83. The molecule has 1 aromatic rings. The van der Waals surface area contributed by atoms with Gasteiger partial charge in [0.25, 0.3) is 0 Å². The van der Waals surface area contributed by atoms with E-state index in [4.69, 9.17) is 5.11 Å². The highest BCUT2D eigenvalue weighted by Gasteiger charge is 2.25. The maximum Gasteiger partial charge on any atom is 0.317 e. The predicted molar refractivity (Wildman–Crippen MR) is 111 cm³/mol. The molecule has 0 atom stereocenters. The van der Waals surface area contributed by atoms with Crippen molar-refractivity contribution >= 4 is 23.6 Å². The lowest BCUT2D eigenvalue weighted by Crippen LogP contribution is -2.51. The summed E-state index contributed by atoms with van der Waals surface area (Å²) in [4.78, 5) is 64.1. The van der Waals surface area contributed by atoms with E-state index in [9.17, 15) is 34.2 Å². The molecule has 0 bridgehead atoms. The van der Waals surface area contributed by atoms with Crippen molar-refractivity contribution < 1.29 is 29.7 Å². The molecule has 1 aromatic carbocycles. The van der Waals surface area contributed by atoms with E-state index in [1.54, 1.807) is 26.5 Å². The van der Waals surface area contributed by atoms with Crippen molar-refractivity contribution in [2.75, 3.05) is 76.9 Å². The Morgan fingerprint density at radius 3 is 1.26 bits per heavy atom. The monoisotopic (exact) mass is 440 g/mol. The zero-order valence-electron chi connectivity index (χ0n) is 17.4. The highest BCUT2D eigenvalue weighted by molar-refractivity contribution is 5.70. The van der Waals surface area contributed by atoms with Crippen LogP contribution in [0.3, 0.4) is 0 Å². The fraction of sp³-hybridized carbons (Fsp3) is 0.632. The van der Waals surface area contributed by atoms with Gasteiger partial charge in [-0.1, -0.05) is 0 Å². The third-order valence-electron chi connectivity index (χ3n) is 5.35. The number of nitrogens with zero attached hydrogens (tertiary/aromatic N) is 4. The number of rotatable bonds is 7. The standard InChI is InChI=1S/C19H28N4O8/c1-13-17(19(31)18(13)30)23-8-6-21(11-15(26)27)4-2-20(10-14(24)25)3-5-22(7-9-23)12-16(28)29/h2-12H2,1H3,(H,24,25)(H,26,27)(H,28,29). The number of hydrogen-bond acceptors (Lipinski definition) is 9. The molecule has 31 heavy (non-hydrogen) atoms. The smallest absolute Gasteiger partial charge is 0.317 e. The van der Waals surface area contributed by atoms with Crippen molar-refractivity contribution in [3.05, 3.63) is 26.0 Å². The largest absolute Gasteiger partial charge is 0.480 e. The molecule has 12 nitrogen and oxygen atoms in total. The summed E-state index contributed by atoms with van der Waals surface area (Å²) in [7, 11) is 0. The van der Waals surface area contributed by atoms with Gasteiger partial charge >= 0.3 is 17.9 Å². The fourth-order valence-electron chi connectivity index (χ4n) is 3.68. The molecule has 1 heterocycles. The first-order chi connectivity index (χ1) is 14.6. The Kier molecular flexibility index (Phi) is 8.65. The average Bonchev–Trinajstić information content (AvgIpc) is 2.68. The number of anilines is 1. The summed E-state index contributed by atoms with van der Waals surface area (Å²) >= 11 is 0. The van der Waals surface area contributed by atoms with E-state index >= 15 is 0 Å². The van der Waals surface area contributed by atoms with E-state index in [0.717, 1.165) is 0 Å². The molecule has 0 aromatic heterocycles. The Bertz CT molecular complexity index is 847. The maximum atomic E-state index is 12.1. The second-order valence-corrected chi connectivity index (χ2v) is 7.63. The van der Waals surface area contributed by atoms with Crippen LogP contribution in [0.25, 0.3) is 0 Å². The fourth-order valence-corrected chi connectivity index (χ4v) is 3.68. The molecule has 0 unspecified atom stereocenters. The van der Waals surface area contributed by atoms with Crippen LogP contribution >= 0.6 is 0 Å². The Balaban J connectivity index is 2.24. The second-order valence-electron chi connectivity index (χ2n) is 7.63. The van der Waals surface area contributed by atoms with Crippen LogP contribution in [-0.2, 0) is 14.4 Å². The van der Waals surface area contributed by atoms with E-state index in [2.05, 4.69) is 0 Å². The van der Waals surface area contributed by atoms with Gasteiger partial charge in [0.15, 0.2) is 0 Å². The molecule has 1 aliphatic heterocycles. The van der Waals surface area contributed by atoms with Crippen molar-refractivity contribution in [3.8, 4) is 0 Å². The number of carbonyl (C=O) groups is 3. The van der Waals surface area contributed by atoms with Gasteiger partial charge in [-0.2, -0.15) is 0 Å². The van der Waals surface area contributed by atoms with Crippen LogP contribution in [0.2, 0.25) is 0 Å². The molecule has 1 fully saturated rings. The molecule has 1 aliphatic rings. The minimum Gasteiger partial charge on any atom is -0.480 e. The maximum absolute atomic E-state index is 12.1. The molecule has 172 valence electrons. The molecule has 0 radical (unpaired) electrons. The Morgan fingerprint density at radius 1 is 0.645 bits per heavy atom. The molecule has 0 spiro atoms. The summed E-state index contributed by atoms with van der Waals surface area (Å²) in [6.07, 6.45) is 0. The van der Waals surface area contributed by atoms with Crippen molar-refractivity contribution in [3.63, 3.8) is 0 Å². The highest BCUT2D eigenvalue weighted by Crippen LogP contribution is 2.14. The first-order valence-corrected chi connectivity index (χ1v) is 9.95. The summed E-state index contributed by atoms with van der Waals surface area (Å²) in [6, 6.07) is 0. The predicted octanol–water partition coefficient (Wildman–Crippen LogP) is -2.43. The molecule has 0 amide bonds. The van der Waals surface area contributed by atoms with Gasteiger partial charge in [-0.3, -0.25) is 38.7 Å². The summed E-state index contributed by atoms with van der Waals surface area (Å²) in [5, 5.41) is 27.6. The van der Waals surface area contributed by atoms with E-state index in [1.165, 1.54) is 0 Å². The van der Waals surface area contributed by atoms with Crippen molar-refractivity contribution in [1.82, 2.24) is 14.7 Å². The SMILES string of the molecule is Cc1c(N2CCN(CC(=O)O)CCN(CC(=O)O)CCN(CC(=O)O)CC2)c(=O)c1=O. The van der Waals surface area contributed by atoms with Crippen LogP contribution in [0, 0.1) is 6.92 Å². The second kappa shape index (κ2) is 11.0. The minimum atomic E-state index is -1.03. The van der Waals surface area contributed by atoms with E-state index < -0.39 is 28.8 Å². The Morgan fingerprint density at radius 2 is 0.968 bits per heavy atom. The third kappa shape index (κ3) is 7.12. The number of carboxylic acids is 3. The first kappa shape index (κ1) is 24.4. The van der Waals surface area contributed by atoms with Gasteiger partial charge in [0.1, 0.15) is 0 Å². The lowest BCUT2D eigenvalue weighted by atomic mass is 10.1. The molecule has 2 rings (SSSR count). The summed E-state index contributed by atoms with van der Waals surface area (Å²) in [6.45, 7) is 3.11. The number of hydrogen-bond donors (Lipinski definition) is 3. The molecule has 1 saturated heterocycles. The zero-order valence-corrected chi connectivity index (χ0v) is 17.4.